The first kappa shape index (κ1) is 20.8. The van der Waals surface area contributed by atoms with E-state index in [1.807, 2.05) is 31.2 Å². The lowest BCUT2D eigenvalue weighted by Crippen LogP contribution is -2.25. The lowest BCUT2D eigenvalue weighted by atomic mass is 10.1. The van der Waals surface area contributed by atoms with Gasteiger partial charge in [-0.25, -0.2) is 0 Å². The van der Waals surface area contributed by atoms with E-state index in [1.165, 1.54) is 31.2 Å². The van der Waals surface area contributed by atoms with E-state index in [0.29, 0.717) is 35.1 Å². The number of nitrogens with one attached hydrogen (secondary N) is 1. The molecule has 3 rings (SSSR count). The molecule has 0 amide bonds. The SMILES string of the molecule is CCOc1cc(CNC2CCCC2)c(Br)cc1OCc1ccc(Cl)cc1Cl. The number of hydrogen-bond acceptors (Lipinski definition) is 3. The summed E-state index contributed by atoms with van der Waals surface area (Å²) in [5, 5.41) is 4.85. The summed E-state index contributed by atoms with van der Waals surface area (Å²) in [7, 11) is 0. The third-order valence-corrected chi connectivity index (χ3v) is 6.07. The second kappa shape index (κ2) is 10.0. The Morgan fingerprint density at radius 3 is 2.48 bits per heavy atom. The highest BCUT2D eigenvalue weighted by Crippen LogP contribution is 2.35. The molecule has 0 unspecified atom stereocenters. The van der Waals surface area contributed by atoms with Crippen LogP contribution in [0.4, 0.5) is 0 Å². The molecule has 1 saturated carbocycles. The van der Waals surface area contributed by atoms with E-state index in [4.69, 9.17) is 32.7 Å². The third-order valence-electron chi connectivity index (χ3n) is 4.75. The highest BCUT2D eigenvalue weighted by molar-refractivity contribution is 9.10. The van der Waals surface area contributed by atoms with E-state index in [2.05, 4.69) is 21.2 Å². The van der Waals surface area contributed by atoms with E-state index in [-0.39, 0.29) is 0 Å². The van der Waals surface area contributed by atoms with Crippen LogP contribution in [-0.4, -0.2) is 12.6 Å². The minimum atomic E-state index is 0.349. The fraction of sp³-hybridized carbons (Fsp3) is 0.429. The molecule has 0 heterocycles. The van der Waals surface area contributed by atoms with Crippen molar-refractivity contribution in [3.05, 3.63) is 56.0 Å². The summed E-state index contributed by atoms with van der Waals surface area (Å²) in [5.41, 5.74) is 2.05. The number of hydrogen-bond donors (Lipinski definition) is 1. The Balaban J connectivity index is 1.72. The molecule has 1 N–H and O–H groups in total. The molecule has 1 fully saturated rings. The number of rotatable bonds is 8. The Morgan fingerprint density at radius 2 is 1.78 bits per heavy atom. The van der Waals surface area contributed by atoms with Gasteiger partial charge in [0, 0.05) is 32.7 Å². The highest BCUT2D eigenvalue weighted by Gasteiger charge is 2.16. The normalized spacial score (nSPS) is 14.5. The van der Waals surface area contributed by atoms with Crippen LogP contribution in [0.3, 0.4) is 0 Å². The summed E-state index contributed by atoms with van der Waals surface area (Å²) in [5.74, 6) is 1.44. The second-order valence-corrected chi connectivity index (χ2v) is 8.41. The van der Waals surface area contributed by atoms with Gasteiger partial charge in [0.05, 0.1) is 6.61 Å². The Labute approximate surface area is 179 Å². The molecule has 2 aromatic rings. The van der Waals surface area contributed by atoms with Gasteiger partial charge in [-0.05, 0) is 49.6 Å². The maximum absolute atomic E-state index is 6.24. The highest BCUT2D eigenvalue weighted by atomic mass is 79.9. The first-order valence-electron chi connectivity index (χ1n) is 9.32. The molecule has 0 atom stereocenters. The molecular weight excluding hydrogens is 449 g/mol. The molecule has 0 aliphatic heterocycles. The summed E-state index contributed by atoms with van der Waals surface area (Å²) in [6.45, 7) is 3.71. The van der Waals surface area contributed by atoms with Crippen LogP contribution in [-0.2, 0) is 13.2 Å². The van der Waals surface area contributed by atoms with Gasteiger partial charge in [-0.1, -0.05) is 58.0 Å². The first-order valence-corrected chi connectivity index (χ1v) is 10.9. The maximum Gasteiger partial charge on any atom is 0.162 e. The van der Waals surface area contributed by atoms with Crippen LogP contribution < -0.4 is 14.8 Å². The molecule has 0 saturated heterocycles. The quantitative estimate of drug-likeness (QED) is 0.460. The van der Waals surface area contributed by atoms with Crippen LogP contribution >= 0.6 is 39.1 Å². The summed E-state index contributed by atoms with van der Waals surface area (Å²) in [4.78, 5) is 0. The zero-order chi connectivity index (χ0) is 19.2. The fourth-order valence-electron chi connectivity index (χ4n) is 3.27. The van der Waals surface area contributed by atoms with Crippen molar-refractivity contribution in [1.29, 1.82) is 0 Å². The lowest BCUT2D eigenvalue weighted by molar-refractivity contribution is 0.269. The molecule has 1 aliphatic carbocycles. The number of halogens is 3. The van der Waals surface area contributed by atoms with Gasteiger partial charge in [0.2, 0.25) is 0 Å². The van der Waals surface area contributed by atoms with Crippen molar-refractivity contribution in [3.8, 4) is 11.5 Å². The van der Waals surface area contributed by atoms with Crippen molar-refractivity contribution >= 4 is 39.1 Å². The monoisotopic (exact) mass is 471 g/mol. The van der Waals surface area contributed by atoms with E-state index >= 15 is 0 Å². The standard InChI is InChI=1S/C21H24BrCl2NO2/c1-2-26-20-9-15(12-25-17-5-3-4-6-17)18(22)11-21(20)27-13-14-7-8-16(23)10-19(14)24/h7-11,17,25H,2-6,12-13H2,1H3. The molecule has 0 bridgehead atoms. The average molecular weight is 473 g/mol. The van der Waals surface area contributed by atoms with Gasteiger partial charge >= 0.3 is 0 Å². The molecule has 3 nitrogen and oxygen atoms in total. The molecule has 6 heteroatoms. The Morgan fingerprint density at radius 1 is 1.04 bits per heavy atom. The van der Waals surface area contributed by atoms with Crippen molar-refractivity contribution in [2.24, 2.45) is 0 Å². The smallest absolute Gasteiger partial charge is 0.162 e. The Bertz CT molecular complexity index is 779. The van der Waals surface area contributed by atoms with Gasteiger partial charge in [-0.2, -0.15) is 0 Å². The maximum atomic E-state index is 6.24. The predicted octanol–water partition coefficient (Wildman–Crippen LogP) is 6.77. The van der Waals surface area contributed by atoms with Crippen LogP contribution in [0.5, 0.6) is 11.5 Å². The zero-order valence-corrected chi connectivity index (χ0v) is 18.5. The third kappa shape index (κ3) is 5.77. The van der Waals surface area contributed by atoms with Crippen molar-refractivity contribution < 1.29 is 9.47 Å². The lowest BCUT2D eigenvalue weighted by Gasteiger charge is -2.17. The molecule has 146 valence electrons. The largest absolute Gasteiger partial charge is 0.490 e. The van der Waals surface area contributed by atoms with Gasteiger partial charge in [0.25, 0.3) is 0 Å². The summed E-state index contributed by atoms with van der Waals surface area (Å²) in [6.07, 6.45) is 5.17. The van der Waals surface area contributed by atoms with Gasteiger partial charge in [0.1, 0.15) is 6.61 Å². The topological polar surface area (TPSA) is 30.5 Å². The van der Waals surface area contributed by atoms with Gasteiger partial charge < -0.3 is 14.8 Å². The van der Waals surface area contributed by atoms with E-state index < -0.39 is 0 Å². The van der Waals surface area contributed by atoms with Crippen LogP contribution in [0, 0.1) is 0 Å². The predicted molar refractivity (Wildman–Crippen MR) is 115 cm³/mol. The number of benzene rings is 2. The van der Waals surface area contributed by atoms with E-state index in [0.717, 1.165) is 22.3 Å². The molecule has 27 heavy (non-hydrogen) atoms. The van der Waals surface area contributed by atoms with Crippen molar-refractivity contribution in [2.75, 3.05) is 6.61 Å². The van der Waals surface area contributed by atoms with Gasteiger partial charge in [-0.15, -0.1) is 0 Å². The van der Waals surface area contributed by atoms with Crippen LogP contribution in [0.2, 0.25) is 10.0 Å². The Hall–Kier alpha value is -0.940. The van der Waals surface area contributed by atoms with Gasteiger partial charge in [0.15, 0.2) is 11.5 Å². The molecule has 2 aromatic carbocycles. The molecule has 0 radical (unpaired) electrons. The van der Waals surface area contributed by atoms with Crippen molar-refractivity contribution in [1.82, 2.24) is 5.32 Å². The Kier molecular flexibility index (Phi) is 7.71. The average Bonchev–Trinajstić information content (AvgIpc) is 3.15. The van der Waals surface area contributed by atoms with E-state index in [1.54, 1.807) is 6.07 Å². The molecular formula is C21H24BrCl2NO2. The van der Waals surface area contributed by atoms with Crippen molar-refractivity contribution in [2.45, 2.75) is 51.8 Å². The fourth-order valence-corrected chi connectivity index (χ4v) is 4.20. The van der Waals surface area contributed by atoms with Crippen LogP contribution in [0.1, 0.15) is 43.7 Å². The minimum absolute atomic E-state index is 0.349. The van der Waals surface area contributed by atoms with Crippen LogP contribution in [0.25, 0.3) is 0 Å². The van der Waals surface area contributed by atoms with Crippen LogP contribution in [0.15, 0.2) is 34.8 Å². The van der Waals surface area contributed by atoms with E-state index in [9.17, 15) is 0 Å². The second-order valence-electron chi connectivity index (χ2n) is 6.71. The summed E-state index contributed by atoms with van der Waals surface area (Å²) >= 11 is 15.9. The number of ether oxygens (including phenoxy) is 2. The first-order chi connectivity index (χ1) is 13.1. The minimum Gasteiger partial charge on any atom is -0.490 e. The summed E-state index contributed by atoms with van der Waals surface area (Å²) < 4.78 is 12.8. The molecule has 0 aromatic heterocycles. The van der Waals surface area contributed by atoms with Crippen molar-refractivity contribution in [3.63, 3.8) is 0 Å². The molecule has 0 spiro atoms. The zero-order valence-electron chi connectivity index (χ0n) is 15.4. The summed E-state index contributed by atoms with van der Waals surface area (Å²) in [6, 6.07) is 10.0. The molecule has 1 aliphatic rings. The van der Waals surface area contributed by atoms with Gasteiger partial charge in [-0.3, -0.25) is 0 Å².